The Morgan fingerprint density at radius 3 is 2.64 bits per heavy atom. The van der Waals surface area contributed by atoms with Crippen molar-refractivity contribution in [3.63, 3.8) is 0 Å². The summed E-state index contributed by atoms with van der Waals surface area (Å²) in [6.07, 6.45) is 8.24. The fourth-order valence-corrected chi connectivity index (χ4v) is 1.65. The van der Waals surface area contributed by atoms with Crippen molar-refractivity contribution in [2.75, 3.05) is 12.5 Å². The first-order valence-electron chi connectivity index (χ1n) is 3.22. The van der Waals surface area contributed by atoms with E-state index in [9.17, 15) is 0 Å². The van der Waals surface area contributed by atoms with Crippen LogP contribution < -0.4 is 17.0 Å². The Morgan fingerprint density at radius 1 is 1.45 bits per heavy atom. The number of rotatable bonds is 2. The number of nitrogens with zero attached hydrogens (tertiary/aromatic N) is 1. The van der Waals surface area contributed by atoms with Gasteiger partial charge in [0, 0.05) is 18.0 Å². The quantitative estimate of drug-likeness (QED) is 0.565. The summed E-state index contributed by atoms with van der Waals surface area (Å²) in [6, 6.07) is 4.11. The summed E-state index contributed by atoms with van der Waals surface area (Å²) in [5, 5.41) is 0. The maximum atomic E-state index is 4.04. The molecule has 0 spiro atoms. The van der Waals surface area contributed by atoms with Gasteiger partial charge >= 0.3 is 0 Å². The smallest absolute Gasteiger partial charge is 0.134 e. The Balaban J connectivity index is 0.000001000. The number of halogens is 1. The number of hydrogen-bond donors (Lipinski definition) is 0. The molecule has 0 N–H and O–H groups in total. The average Bonchev–Trinajstić information content (AvgIpc) is 1.88. The highest BCUT2D eigenvalue weighted by atomic mass is 79.9. The zero-order valence-corrected chi connectivity index (χ0v) is 9.15. The van der Waals surface area contributed by atoms with Crippen LogP contribution in [-0.4, -0.2) is 17.5 Å². The van der Waals surface area contributed by atoms with Gasteiger partial charge in [-0.3, -0.25) is 4.98 Å². The van der Waals surface area contributed by atoms with Crippen molar-refractivity contribution >= 4 is 10.9 Å². The zero-order chi connectivity index (χ0) is 7.40. The topological polar surface area (TPSA) is 12.9 Å². The van der Waals surface area contributed by atoms with Crippen molar-refractivity contribution in [3.05, 3.63) is 30.1 Å². The Hall–Kier alpha value is -0.0200. The minimum atomic E-state index is 0. The van der Waals surface area contributed by atoms with E-state index in [0.717, 1.165) is 5.75 Å². The molecule has 0 fully saturated rings. The third kappa shape index (κ3) is 4.43. The van der Waals surface area contributed by atoms with Gasteiger partial charge in [0.25, 0.3) is 0 Å². The van der Waals surface area contributed by atoms with Gasteiger partial charge in [-0.2, -0.15) is 0 Å². The first-order valence-corrected chi connectivity index (χ1v) is 5.43. The summed E-state index contributed by atoms with van der Waals surface area (Å²) in [7, 11) is 0.493. The molecule has 1 nitrogen and oxygen atoms in total. The van der Waals surface area contributed by atoms with Gasteiger partial charge < -0.3 is 17.0 Å². The van der Waals surface area contributed by atoms with Crippen LogP contribution in [0.5, 0.6) is 0 Å². The van der Waals surface area contributed by atoms with Crippen molar-refractivity contribution in [3.8, 4) is 0 Å². The van der Waals surface area contributed by atoms with E-state index in [2.05, 4.69) is 23.6 Å². The molecule has 0 aliphatic carbocycles. The number of hydrogen-bond acceptors (Lipinski definition) is 1. The van der Waals surface area contributed by atoms with Crippen LogP contribution in [0.2, 0.25) is 0 Å². The Morgan fingerprint density at radius 2 is 2.18 bits per heavy atom. The van der Waals surface area contributed by atoms with Crippen LogP contribution >= 0.6 is 0 Å². The highest BCUT2D eigenvalue weighted by Gasteiger charge is 2.02. The van der Waals surface area contributed by atoms with Gasteiger partial charge in [0.1, 0.15) is 5.75 Å². The summed E-state index contributed by atoms with van der Waals surface area (Å²) in [4.78, 5) is 4.04. The van der Waals surface area contributed by atoms with Crippen LogP contribution in [0.25, 0.3) is 0 Å². The largest absolute Gasteiger partial charge is 1.00 e. The van der Waals surface area contributed by atoms with Crippen LogP contribution in [0.1, 0.15) is 5.56 Å². The Bertz CT molecular complexity index is 189. The van der Waals surface area contributed by atoms with E-state index >= 15 is 0 Å². The molecule has 1 rings (SSSR count). The highest BCUT2D eigenvalue weighted by molar-refractivity contribution is 7.94. The molecule has 1 heterocycles. The Kier molecular flexibility index (Phi) is 5.60. The molecule has 0 atom stereocenters. The lowest BCUT2D eigenvalue weighted by atomic mass is 10.3. The fourth-order valence-electron chi connectivity index (χ4n) is 0.817. The summed E-state index contributed by atoms with van der Waals surface area (Å²) < 4.78 is 0. The molecule has 1 aromatic rings. The van der Waals surface area contributed by atoms with Gasteiger partial charge in [0.15, 0.2) is 0 Å². The predicted octanol–water partition coefficient (Wildman–Crippen LogP) is -1.54. The van der Waals surface area contributed by atoms with Gasteiger partial charge in [-0.25, -0.2) is 0 Å². The molecular weight excluding hydrogens is 222 g/mol. The third-order valence-electron chi connectivity index (χ3n) is 1.18. The van der Waals surface area contributed by atoms with E-state index in [1.54, 1.807) is 0 Å². The molecule has 0 aliphatic rings. The maximum absolute atomic E-state index is 4.04. The summed E-state index contributed by atoms with van der Waals surface area (Å²) in [5.41, 5.74) is 1.34. The van der Waals surface area contributed by atoms with Gasteiger partial charge in [-0.05, 0) is 17.0 Å². The zero-order valence-electron chi connectivity index (χ0n) is 6.75. The number of pyridine rings is 1. The van der Waals surface area contributed by atoms with Crippen molar-refractivity contribution in [2.24, 2.45) is 0 Å². The molecule has 0 radical (unpaired) electrons. The predicted molar refractivity (Wildman–Crippen MR) is 47.2 cm³/mol. The summed E-state index contributed by atoms with van der Waals surface area (Å²) in [6.45, 7) is 0. The highest BCUT2D eigenvalue weighted by Crippen LogP contribution is 2.01. The van der Waals surface area contributed by atoms with E-state index in [4.69, 9.17) is 0 Å². The van der Waals surface area contributed by atoms with Crippen LogP contribution in [0.4, 0.5) is 0 Å². The van der Waals surface area contributed by atoms with E-state index in [1.165, 1.54) is 5.56 Å². The summed E-state index contributed by atoms with van der Waals surface area (Å²) in [5.74, 6) is 1.16. The normalized spacial score (nSPS) is 9.36. The van der Waals surface area contributed by atoms with Crippen LogP contribution in [0, 0.1) is 0 Å². The fraction of sp³-hybridized carbons (Fsp3) is 0.375. The molecule has 3 heteroatoms. The second-order valence-corrected chi connectivity index (χ2v) is 4.75. The monoisotopic (exact) mass is 233 g/mol. The number of aromatic nitrogens is 1. The first-order chi connectivity index (χ1) is 4.79. The minimum Gasteiger partial charge on any atom is -1.00 e. The second kappa shape index (κ2) is 5.61. The first kappa shape index (κ1) is 11.0. The van der Waals surface area contributed by atoms with Crippen LogP contribution in [0.15, 0.2) is 24.5 Å². The van der Waals surface area contributed by atoms with E-state index < -0.39 is 0 Å². The van der Waals surface area contributed by atoms with E-state index in [0.29, 0.717) is 10.9 Å². The lowest BCUT2D eigenvalue weighted by Gasteiger charge is -1.95. The lowest BCUT2D eigenvalue weighted by Crippen LogP contribution is -3.00. The molecule has 0 aromatic carbocycles. The molecule has 62 valence electrons. The van der Waals surface area contributed by atoms with Gasteiger partial charge in [-0.15, -0.1) is 0 Å². The molecule has 1 aromatic heterocycles. The molecule has 0 unspecified atom stereocenters. The Labute approximate surface area is 81.3 Å². The van der Waals surface area contributed by atoms with Crippen LogP contribution in [0.3, 0.4) is 0 Å². The average molecular weight is 234 g/mol. The molecule has 0 saturated carbocycles. The SMILES string of the molecule is C[S+](C)Cc1cccnc1.[Br-]. The lowest BCUT2D eigenvalue weighted by molar-refractivity contribution is -0.00000229. The molecule has 0 aliphatic heterocycles. The second-order valence-electron chi connectivity index (χ2n) is 2.49. The molecular formula is C8H12BrNS. The van der Waals surface area contributed by atoms with E-state index in [-0.39, 0.29) is 17.0 Å². The molecule has 0 bridgehead atoms. The van der Waals surface area contributed by atoms with Crippen molar-refractivity contribution < 1.29 is 17.0 Å². The van der Waals surface area contributed by atoms with Gasteiger partial charge in [0.05, 0.1) is 12.5 Å². The van der Waals surface area contributed by atoms with Crippen molar-refractivity contribution in [1.82, 2.24) is 4.98 Å². The summed E-state index contributed by atoms with van der Waals surface area (Å²) >= 11 is 0. The molecule has 0 saturated heterocycles. The molecule has 0 amide bonds. The van der Waals surface area contributed by atoms with E-state index in [1.807, 2.05) is 18.5 Å². The maximum Gasteiger partial charge on any atom is 0.134 e. The van der Waals surface area contributed by atoms with Crippen molar-refractivity contribution in [2.45, 2.75) is 5.75 Å². The van der Waals surface area contributed by atoms with Gasteiger partial charge in [-0.1, -0.05) is 6.07 Å². The standard InChI is InChI=1S/C8H12NS.BrH/c1-10(2)7-8-4-3-5-9-6-8;/h3-6H,7H2,1-2H3;1H/q+1;/p-1. The third-order valence-corrected chi connectivity index (χ3v) is 2.09. The molecule has 11 heavy (non-hydrogen) atoms. The van der Waals surface area contributed by atoms with Crippen molar-refractivity contribution in [1.29, 1.82) is 0 Å². The minimum absolute atomic E-state index is 0. The van der Waals surface area contributed by atoms with Gasteiger partial charge in [0.2, 0.25) is 0 Å². The van der Waals surface area contributed by atoms with Crippen LogP contribution in [-0.2, 0) is 16.6 Å².